The van der Waals surface area contributed by atoms with Crippen molar-refractivity contribution in [2.45, 2.75) is 50.0 Å². The molecule has 0 saturated carbocycles. The monoisotopic (exact) mass is 436 g/mol. The van der Waals surface area contributed by atoms with Crippen molar-refractivity contribution in [2.24, 2.45) is 5.92 Å². The van der Waals surface area contributed by atoms with Gasteiger partial charge in [0.15, 0.2) is 0 Å². The Balaban J connectivity index is 1.35. The quantitative estimate of drug-likeness (QED) is 0.710. The molecule has 5 rings (SSSR count). The molecule has 3 saturated heterocycles. The van der Waals surface area contributed by atoms with Gasteiger partial charge in [-0.3, -0.25) is 9.59 Å². The molecule has 2 amide bonds. The van der Waals surface area contributed by atoms with E-state index >= 15 is 0 Å². The molecule has 0 N–H and O–H groups in total. The largest absolute Gasteiger partial charge is 0.342 e. The third-order valence-corrected chi connectivity index (χ3v) is 7.87. The lowest BCUT2D eigenvalue weighted by Gasteiger charge is -2.39. The van der Waals surface area contributed by atoms with E-state index in [4.69, 9.17) is 11.6 Å². The molecule has 2 atom stereocenters. The van der Waals surface area contributed by atoms with E-state index < -0.39 is 5.41 Å². The molecule has 0 bridgehead atoms. The van der Waals surface area contributed by atoms with Gasteiger partial charge in [-0.15, -0.1) is 0 Å². The van der Waals surface area contributed by atoms with E-state index in [2.05, 4.69) is 30.3 Å². The van der Waals surface area contributed by atoms with Crippen LogP contribution in [0.4, 0.5) is 0 Å². The number of amides is 2. The molecule has 5 heteroatoms. The molecule has 0 unspecified atom stereocenters. The van der Waals surface area contributed by atoms with Crippen molar-refractivity contribution in [3.8, 4) is 0 Å². The molecule has 2 aromatic rings. The van der Waals surface area contributed by atoms with Crippen molar-refractivity contribution < 1.29 is 9.59 Å². The van der Waals surface area contributed by atoms with Gasteiger partial charge in [0.1, 0.15) is 0 Å². The van der Waals surface area contributed by atoms with Crippen molar-refractivity contribution in [3.05, 3.63) is 70.7 Å². The molecule has 4 nitrogen and oxygen atoms in total. The maximum atomic E-state index is 14.0. The highest BCUT2D eigenvalue weighted by molar-refractivity contribution is 6.31. The van der Waals surface area contributed by atoms with Gasteiger partial charge < -0.3 is 9.80 Å². The predicted octanol–water partition coefficient (Wildman–Crippen LogP) is 4.45. The molecule has 3 heterocycles. The molecule has 31 heavy (non-hydrogen) atoms. The van der Waals surface area contributed by atoms with Gasteiger partial charge in [-0.25, -0.2) is 0 Å². The lowest BCUT2D eigenvalue weighted by molar-refractivity contribution is -0.139. The van der Waals surface area contributed by atoms with Crippen molar-refractivity contribution in [2.75, 3.05) is 19.6 Å². The minimum absolute atomic E-state index is 0.154. The highest BCUT2D eigenvalue weighted by atomic mass is 35.5. The summed E-state index contributed by atoms with van der Waals surface area (Å²) in [6, 6.07) is 18.5. The van der Waals surface area contributed by atoms with Gasteiger partial charge in [-0.2, -0.15) is 0 Å². The van der Waals surface area contributed by atoms with E-state index in [1.807, 2.05) is 34.1 Å². The zero-order chi connectivity index (χ0) is 21.4. The number of rotatable bonds is 4. The number of hydrogen-bond donors (Lipinski definition) is 0. The summed E-state index contributed by atoms with van der Waals surface area (Å²) in [5.41, 5.74) is 1.54. The summed E-state index contributed by atoms with van der Waals surface area (Å²) < 4.78 is 0. The average Bonchev–Trinajstić information content (AvgIpc) is 3.34. The number of nitrogens with zero attached hydrogens (tertiary/aromatic N) is 2. The second-order valence-electron chi connectivity index (χ2n) is 9.41. The molecular formula is C26H29ClN2O2. The van der Waals surface area contributed by atoms with Crippen LogP contribution in [0.2, 0.25) is 5.02 Å². The summed E-state index contributed by atoms with van der Waals surface area (Å²) in [6.45, 7) is 2.02. The molecule has 3 fully saturated rings. The number of likely N-dealkylation sites (tertiary alicyclic amines) is 1. The fraction of sp³-hybridized carbons (Fsp3) is 0.462. The van der Waals surface area contributed by atoms with Crippen LogP contribution in [0, 0.1) is 5.92 Å². The van der Waals surface area contributed by atoms with Crippen molar-refractivity contribution in [3.63, 3.8) is 0 Å². The van der Waals surface area contributed by atoms with Gasteiger partial charge in [-0.05, 0) is 55.2 Å². The fourth-order valence-electron chi connectivity index (χ4n) is 5.89. The van der Waals surface area contributed by atoms with Gasteiger partial charge in [0.2, 0.25) is 11.8 Å². The summed E-state index contributed by atoms with van der Waals surface area (Å²) in [6.07, 6.45) is 5.24. The molecule has 0 spiro atoms. The Kier molecular flexibility index (Phi) is 5.51. The van der Waals surface area contributed by atoms with Crippen LogP contribution in [-0.2, 0) is 21.4 Å². The average molecular weight is 437 g/mol. The summed E-state index contributed by atoms with van der Waals surface area (Å²) in [4.78, 5) is 30.4. The molecule has 3 aliphatic heterocycles. The first kappa shape index (κ1) is 20.6. The number of carbonyl (C=O) groups excluding carboxylic acids is 2. The van der Waals surface area contributed by atoms with Crippen molar-refractivity contribution >= 4 is 23.4 Å². The van der Waals surface area contributed by atoms with Crippen LogP contribution in [0.1, 0.15) is 43.2 Å². The third-order valence-electron chi connectivity index (χ3n) is 7.54. The number of fused-ring (bicyclic) bond motifs is 1. The van der Waals surface area contributed by atoms with Crippen LogP contribution in [0.5, 0.6) is 0 Å². The third kappa shape index (κ3) is 3.76. The lowest BCUT2D eigenvalue weighted by Crippen LogP contribution is -2.51. The van der Waals surface area contributed by atoms with Gasteiger partial charge in [0.05, 0.1) is 5.41 Å². The van der Waals surface area contributed by atoms with E-state index in [1.165, 1.54) is 5.56 Å². The second kappa shape index (κ2) is 8.31. The SMILES string of the molecule is O=C1CC[C@H]2C[C@@](C(=O)N3CCC(Cc4ccccc4)CC3)(c3ccccc3Cl)CN12. The predicted molar refractivity (Wildman–Crippen MR) is 122 cm³/mol. The van der Waals surface area contributed by atoms with Gasteiger partial charge >= 0.3 is 0 Å². The maximum Gasteiger partial charge on any atom is 0.235 e. The zero-order valence-corrected chi connectivity index (χ0v) is 18.6. The number of piperidine rings is 1. The summed E-state index contributed by atoms with van der Waals surface area (Å²) in [5.74, 6) is 0.935. The summed E-state index contributed by atoms with van der Waals surface area (Å²) >= 11 is 6.61. The molecule has 3 aliphatic rings. The minimum Gasteiger partial charge on any atom is -0.342 e. The lowest BCUT2D eigenvalue weighted by atomic mass is 9.75. The van der Waals surface area contributed by atoms with Crippen LogP contribution in [0.3, 0.4) is 0 Å². The van der Waals surface area contributed by atoms with Crippen molar-refractivity contribution in [1.82, 2.24) is 9.80 Å². The van der Waals surface area contributed by atoms with Crippen LogP contribution in [0.25, 0.3) is 0 Å². The van der Waals surface area contributed by atoms with E-state index in [9.17, 15) is 9.59 Å². The van der Waals surface area contributed by atoms with E-state index in [-0.39, 0.29) is 17.9 Å². The molecule has 162 valence electrons. The Hall–Kier alpha value is -2.33. The van der Waals surface area contributed by atoms with Crippen LogP contribution in [0.15, 0.2) is 54.6 Å². The van der Waals surface area contributed by atoms with Gasteiger partial charge in [0, 0.05) is 37.1 Å². The van der Waals surface area contributed by atoms with Gasteiger partial charge in [-0.1, -0.05) is 60.1 Å². The standard InChI is InChI=1S/C26H29ClN2O2/c27-23-9-5-4-8-22(23)26(17-21-10-11-24(30)29(21)18-26)25(31)28-14-12-20(13-15-28)16-19-6-2-1-3-7-19/h1-9,20-21H,10-18H2/t21-,26-/m0/s1. The smallest absolute Gasteiger partial charge is 0.235 e. The summed E-state index contributed by atoms with van der Waals surface area (Å²) in [7, 11) is 0. The first-order valence-corrected chi connectivity index (χ1v) is 11.8. The van der Waals surface area contributed by atoms with Crippen LogP contribution < -0.4 is 0 Å². The van der Waals surface area contributed by atoms with Crippen molar-refractivity contribution in [1.29, 1.82) is 0 Å². The number of halogens is 1. The first-order chi connectivity index (χ1) is 15.1. The Morgan fingerprint density at radius 2 is 1.71 bits per heavy atom. The van der Waals surface area contributed by atoms with E-state index in [0.717, 1.165) is 44.3 Å². The fourth-order valence-corrected chi connectivity index (χ4v) is 6.20. The molecular weight excluding hydrogens is 408 g/mol. The van der Waals surface area contributed by atoms with E-state index in [0.29, 0.717) is 30.3 Å². The zero-order valence-electron chi connectivity index (χ0n) is 17.8. The maximum absolute atomic E-state index is 14.0. The Bertz CT molecular complexity index is 970. The number of benzene rings is 2. The molecule has 0 aliphatic carbocycles. The summed E-state index contributed by atoms with van der Waals surface area (Å²) in [5, 5.41) is 0.628. The topological polar surface area (TPSA) is 40.6 Å². The Morgan fingerprint density at radius 3 is 2.42 bits per heavy atom. The van der Waals surface area contributed by atoms with E-state index in [1.54, 1.807) is 0 Å². The molecule has 0 radical (unpaired) electrons. The number of hydrogen-bond acceptors (Lipinski definition) is 2. The highest BCUT2D eigenvalue weighted by Crippen LogP contribution is 2.46. The minimum atomic E-state index is -0.717. The first-order valence-electron chi connectivity index (χ1n) is 11.4. The Morgan fingerprint density at radius 1 is 1.00 bits per heavy atom. The second-order valence-corrected chi connectivity index (χ2v) is 9.81. The van der Waals surface area contributed by atoms with Crippen LogP contribution >= 0.6 is 11.6 Å². The number of carbonyl (C=O) groups is 2. The molecule has 2 aromatic carbocycles. The van der Waals surface area contributed by atoms with Crippen LogP contribution in [-0.4, -0.2) is 47.3 Å². The highest BCUT2D eigenvalue weighted by Gasteiger charge is 2.55. The molecule has 0 aromatic heterocycles. The van der Waals surface area contributed by atoms with Gasteiger partial charge in [0.25, 0.3) is 0 Å². The normalized spacial score (nSPS) is 26.4. The Labute approximate surface area is 189 Å².